The first-order valence-electron chi connectivity index (χ1n) is 5.43. The molecule has 110 valence electrons. The van der Waals surface area contributed by atoms with Crippen molar-refractivity contribution in [1.29, 1.82) is 0 Å². The summed E-state index contributed by atoms with van der Waals surface area (Å²) in [5, 5.41) is 0.354. The minimum atomic E-state index is -0.515. The van der Waals surface area contributed by atoms with Gasteiger partial charge >= 0.3 is 5.97 Å². The molecular formula is C12H13Cl2NO4S. The first-order chi connectivity index (χ1) is 9.35. The summed E-state index contributed by atoms with van der Waals surface area (Å²) in [6.07, 6.45) is 0. The fraction of sp³-hybridized carbons (Fsp3) is 0.333. The number of ether oxygens (including phenoxy) is 2. The molecule has 1 amide bonds. The van der Waals surface area contributed by atoms with Gasteiger partial charge in [0.25, 0.3) is 5.24 Å². The monoisotopic (exact) mass is 337 g/mol. The zero-order valence-electron chi connectivity index (χ0n) is 11.1. The Morgan fingerprint density at radius 1 is 1.25 bits per heavy atom. The molecule has 0 unspecified atom stereocenters. The summed E-state index contributed by atoms with van der Waals surface area (Å²) >= 11 is 13.0. The summed E-state index contributed by atoms with van der Waals surface area (Å²) in [7, 11) is 4.52. The van der Waals surface area contributed by atoms with Gasteiger partial charge < -0.3 is 14.4 Å². The van der Waals surface area contributed by atoms with E-state index >= 15 is 0 Å². The average Bonchev–Trinajstić information content (AvgIpc) is 2.39. The van der Waals surface area contributed by atoms with Gasteiger partial charge in [-0.15, -0.1) is 0 Å². The minimum absolute atomic E-state index is 0.197. The number of thioether (sulfide) groups is 1. The van der Waals surface area contributed by atoms with Crippen LogP contribution in [0.4, 0.5) is 4.79 Å². The number of esters is 1. The van der Waals surface area contributed by atoms with Gasteiger partial charge in [0.2, 0.25) is 0 Å². The van der Waals surface area contributed by atoms with Crippen LogP contribution < -0.4 is 4.74 Å². The Hall–Kier alpha value is -1.11. The fourth-order valence-electron chi connectivity index (χ4n) is 1.10. The van der Waals surface area contributed by atoms with Gasteiger partial charge in [0.15, 0.2) is 6.61 Å². The maximum Gasteiger partial charge on any atom is 0.343 e. The van der Waals surface area contributed by atoms with E-state index in [-0.39, 0.29) is 21.9 Å². The van der Waals surface area contributed by atoms with Gasteiger partial charge in [-0.3, -0.25) is 4.79 Å². The van der Waals surface area contributed by atoms with Crippen molar-refractivity contribution >= 4 is 46.2 Å². The second-order valence-electron chi connectivity index (χ2n) is 3.84. The third-order valence-corrected chi connectivity index (χ3v) is 4.11. The molecular weight excluding hydrogens is 325 g/mol. The largest absolute Gasteiger partial charge is 0.482 e. The van der Waals surface area contributed by atoms with Crippen molar-refractivity contribution in [3.63, 3.8) is 0 Å². The average molecular weight is 338 g/mol. The van der Waals surface area contributed by atoms with Gasteiger partial charge in [-0.1, -0.05) is 23.2 Å². The van der Waals surface area contributed by atoms with Crippen LogP contribution in [0.1, 0.15) is 0 Å². The van der Waals surface area contributed by atoms with Crippen LogP contribution in [-0.2, 0) is 9.53 Å². The summed E-state index contributed by atoms with van der Waals surface area (Å²) in [6.45, 7) is -0.244. The molecule has 0 radical (unpaired) electrons. The van der Waals surface area contributed by atoms with Crippen LogP contribution in [0.15, 0.2) is 17.0 Å². The van der Waals surface area contributed by atoms with Crippen LogP contribution in [0.3, 0.4) is 0 Å². The lowest BCUT2D eigenvalue weighted by Crippen LogP contribution is -2.16. The third-order valence-electron chi connectivity index (χ3n) is 2.11. The van der Waals surface area contributed by atoms with Crippen molar-refractivity contribution in [3.05, 3.63) is 22.2 Å². The molecule has 0 aromatic heterocycles. The molecule has 0 spiro atoms. The van der Waals surface area contributed by atoms with E-state index in [1.165, 1.54) is 24.1 Å². The van der Waals surface area contributed by atoms with Crippen LogP contribution in [0, 0.1) is 0 Å². The number of hydrogen-bond donors (Lipinski definition) is 0. The summed E-state index contributed by atoms with van der Waals surface area (Å²) in [5.74, 6) is -0.189. The number of hydrogen-bond acceptors (Lipinski definition) is 5. The molecule has 1 aromatic carbocycles. The molecule has 0 heterocycles. The van der Waals surface area contributed by atoms with Crippen molar-refractivity contribution in [1.82, 2.24) is 4.90 Å². The molecule has 1 aromatic rings. The van der Waals surface area contributed by atoms with Crippen molar-refractivity contribution < 1.29 is 19.1 Å². The lowest BCUT2D eigenvalue weighted by atomic mass is 10.3. The molecule has 0 saturated carbocycles. The molecule has 0 bridgehead atoms. The van der Waals surface area contributed by atoms with Crippen molar-refractivity contribution in [2.75, 3.05) is 27.8 Å². The molecule has 0 fully saturated rings. The quantitative estimate of drug-likeness (QED) is 0.623. The van der Waals surface area contributed by atoms with E-state index in [1.807, 2.05) is 0 Å². The highest BCUT2D eigenvalue weighted by molar-refractivity contribution is 8.13. The summed E-state index contributed by atoms with van der Waals surface area (Å²) in [6, 6.07) is 2.98. The number of carbonyl (C=O) groups excluding carboxylic acids is 2. The Morgan fingerprint density at radius 2 is 1.80 bits per heavy atom. The number of halogens is 2. The highest BCUT2D eigenvalue weighted by atomic mass is 35.5. The SMILES string of the molecule is COC(=O)COc1cc(Cl)c(SC(=O)N(C)C)c(Cl)c1. The number of amides is 1. The Balaban J connectivity index is 2.86. The number of carbonyl (C=O) groups is 2. The molecule has 1 rings (SSSR count). The predicted octanol–water partition coefficient (Wildman–Crippen LogP) is 3.32. The Kier molecular flexibility index (Phi) is 6.45. The normalized spacial score (nSPS) is 10.1. The van der Waals surface area contributed by atoms with E-state index in [1.54, 1.807) is 14.1 Å². The Labute approximate surface area is 131 Å². The molecule has 0 aliphatic carbocycles. The van der Waals surface area contributed by atoms with Gasteiger partial charge in [-0.2, -0.15) is 0 Å². The Bertz CT molecular complexity index is 499. The highest BCUT2D eigenvalue weighted by Gasteiger charge is 2.15. The third kappa shape index (κ3) is 4.77. The smallest absolute Gasteiger partial charge is 0.343 e. The molecule has 20 heavy (non-hydrogen) atoms. The minimum Gasteiger partial charge on any atom is -0.482 e. The first kappa shape index (κ1) is 16.9. The molecule has 5 nitrogen and oxygen atoms in total. The van der Waals surface area contributed by atoms with Gasteiger partial charge in [-0.25, -0.2) is 4.79 Å². The van der Waals surface area contributed by atoms with Gasteiger partial charge in [0.1, 0.15) is 5.75 Å². The second kappa shape index (κ2) is 7.61. The highest BCUT2D eigenvalue weighted by Crippen LogP contribution is 2.38. The summed E-state index contributed by atoms with van der Waals surface area (Å²) in [5.41, 5.74) is 0. The van der Waals surface area contributed by atoms with Crippen LogP contribution >= 0.6 is 35.0 Å². The van der Waals surface area contributed by atoms with E-state index < -0.39 is 5.97 Å². The zero-order chi connectivity index (χ0) is 15.3. The summed E-state index contributed by atoms with van der Waals surface area (Å²) in [4.78, 5) is 24.5. The van der Waals surface area contributed by atoms with Crippen LogP contribution in [0.2, 0.25) is 10.0 Å². The lowest BCUT2D eigenvalue weighted by Gasteiger charge is -2.12. The molecule has 0 atom stereocenters. The van der Waals surface area contributed by atoms with Gasteiger partial charge in [0, 0.05) is 26.2 Å². The second-order valence-corrected chi connectivity index (χ2v) is 5.62. The van der Waals surface area contributed by atoms with Crippen molar-refractivity contribution in [2.45, 2.75) is 4.90 Å². The summed E-state index contributed by atoms with van der Waals surface area (Å²) < 4.78 is 9.63. The van der Waals surface area contributed by atoms with E-state index in [0.29, 0.717) is 10.6 Å². The van der Waals surface area contributed by atoms with Crippen LogP contribution in [0.5, 0.6) is 5.75 Å². The van der Waals surface area contributed by atoms with Gasteiger partial charge in [0.05, 0.1) is 22.1 Å². The van der Waals surface area contributed by atoms with E-state index in [4.69, 9.17) is 27.9 Å². The van der Waals surface area contributed by atoms with Crippen molar-refractivity contribution in [2.24, 2.45) is 0 Å². The molecule has 0 saturated heterocycles. The Morgan fingerprint density at radius 3 is 2.25 bits per heavy atom. The molecule has 0 aliphatic rings. The van der Waals surface area contributed by atoms with Crippen LogP contribution in [0.25, 0.3) is 0 Å². The number of methoxy groups -OCH3 is 1. The maximum absolute atomic E-state index is 11.6. The standard InChI is InChI=1S/C12H13Cl2NO4S/c1-15(2)12(17)20-11-8(13)4-7(5-9(11)14)19-6-10(16)18-3/h4-5H,6H2,1-3H3. The lowest BCUT2D eigenvalue weighted by molar-refractivity contribution is -0.142. The fourth-order valence-corrected chi connectivity index (χ4v) is 2.47. The van der Waals surface area contributed by atoms with E-state index in [2.05, 4.69) is 4.74 Å². The maximum atomic E-state index is 11.6. The number of nitrogens with zero attached hydrogens (tertiary/aromatic N) is 1. The topological polar surface area (TPSA) is 55.8 Å². The van der Waals surface area contributed by atoms with Crippen molar-refractivity contribution in [3.8, 4) is 5.75 Å². The number of rotatable bonds is 4. The van der Waals surface area contributed by atoms with Crippen LogP contribution in [-0.4, -0.2) is 43.9 Å². The van der Waals surface area contributed by atoms with E-state index in [9.17, 15) is 9.59 Å². The predicted molar refractivity (Wildman–Crippen MR) is 78.9 cm³/mol. The first-order valence-corrected chi connectivity index (χ1v) is 7.00. The van der Waals surface area contributed by atoms with Gasteiger partial charge in [-0.05, 0) is 11.8 Å². The zero-order valence-corrected chi connectivity index (χ0v) is 13.4. The number of benzene rings is 1. The molecule has 0 aliphatic heterocycles. The molecule has 8 heteroatoms. The molecule has 0 N–H and O–H groups in total. The van der Waals surface area contributed by atoms with E-state index in [0.717, 1.165) is 11.8 Å².